The molecule has 1 N–H and O–H groups in total. The van der Waals surface area contributed by atoms with Crippen LogP contribution in [0.15, 0.2) is 30.3 Å². The highest BCUT2D eigenvalue weighted by Crippen LogP contribution is 2.10. The second-order valence-corrected chi connectivity index (χ2v) is 5.37. The van der Waals surface area contributed by atoms with Crippen LogP contribution in [0.2, 0.25) is 0 Å². The third-order valence-electron chi connectivity index (χ3n) is 3.44. The smallest absolute Gasteiger partial charge is 0.321 e. The number of carbonyl (C=O) groups is 2. The number of hydrogen-bond acceptors (Lipinski definition) is 3. The average Bonchev–Trinajstić information content (AvgIpc) is 2.54. The van der Waals surface area contributed by atoms with Gasteiger partial charge in [0.15, 0.2) is 0 Å². The number of hydrogen-bond donors (Lipinski definition) is 1. The lowest BCUT2D eigenvalue weighted by Crippen LogP contribution is -2.40. The van der Waals surface area contributed by atoms with Gasteiger partial charge in [0.2, 0.25) is 0 Å². The number of esters is 1. The van der Waals surface area contributed by atoms with Crippen molar-refractivity contribution in [3.05, 3.63) is 30.3 Å². The summed E-state index contributed by atoms with van der Waals surface area (Å²) >= 11 is 0. The fourth-order valence-electron chi connectivity index (χ4n) is 2.16. The fourth-order valence-corrected chi connectivity index (χ4v) is 2.16. The SMILES string of the molecule is CCCCCN(CC(C)C(=O)OC)C(=O)Nc1ccccc1. The van der Waals surface area contributed by atoms with E-state index >= 15 is 0 Å². The molecule has 0 fully saturated rings. The van der Waals surface area contributed by atoms with E-state index in [-0.39, 0.29) is 17.9 Å². The number of amides is 2. The van der Waals surface area contributed by atoms with Crippen molar-refractivity contribution in [2.24, 2.45) is 5.92 Å². The lowest BCUT2D eigenvalue weighted by Gasteiger charge is -2.25. The molecular weight excluding hydrogens is 280 g/mol. The molecule has 1 atom stereocenters. The van der Waals surface area contributed by atoms with E-state index in [1.807, 2.05) is 30.3 Å². The van der Waals surface area contributed by atoms with Gasteiger partial charge >= 0.3 is 12.0 Å². The summed E-state index contributed by atoms with van der Waals surface area (Å²) in [6.07, 6.45) is 3.06. The van der Waals surface area contributed by atoms with Crippen LogP contribution < -0.4 is 5.32 Å². The Hall–Kier alpha value is -2.04. The summed E-state index contributed by atoms with van der Waals surface area (Å²) in [6.45, 7) is 4.88. The monoisotopic (exact) mass is 306 g/mol. The highest BCUT2D eigenvalue weighted by atomic mass is 16.5. The van der Waals surface area contributed by atoms with E-state index < -0.39 is 0 Å². The predicted octanol–water partition coefficient (Wildman–Crippen LogP) is 3.52. The number of unbranched alkanes of at least 4 members (excludes halogenated alkanes) is 2. The number of methoxy groups -OCH3 is 1. The molecule has 122 valence electrons. The lowest BCUT2D eigenvalue weighted by atomic mass is 10.1. The number of nitrogens with zero attached hydrogens (tertiary/aromatic N) is 1. The summed E-state index contributed by atoms with van der Waals surface area (Å²) in [5.74, 6) is -0.638. The van der Waals surface area contributed by atoms with Crippen molar-refractivity contribution in [1.29, 1.82) is 0 Å². The van der Waals surface area contributed by atoms with Crippen LogP contribution in [-0.2, 0) is 9.53 Å². The summed E-state index contributed by atoms with van der Waals surface area (Å²) in [7, 11) is 1.37. The molecule has 0 aliphatic heterocycles. The predicted molar refractivity (Wildman–Crippen MR) is 87.7 cm³/mol. The van der Waals surface area contributed by atoms with Gasteiger partial charge in [-0.3, -0.25) is 4.79 Å². The van der Waals surface area contributed by atoms with E-state index in [4.69, 9.17) is 4.74 Å². The Kier molecular flexibility index (Phi) is 8.04. The van der Waals surface area contributed by atoms with Crippen LogP contribution >= 0.6 is 0 Å². The summed E-state index contributed by atoms with van der Waals surface area (Å²) in [4.78, 5) is 25.7. The van der Waals surface area contributed by atoms with Gasteiger partial charge in [-0.25, -0.2) is 4.79 Å². The molecule has 2 amide bonds. The quantitative estimate of drug-likeness (QED) is 0.590. The average molecular weight is 306 g/mol. The van der Waals surface area contributed by atoms with Gasteiger partial charge in [0.1, 0.15) is 0 Å². The van der Waals surface area contributed by atoms with Gasteiger partial charge < -0.3 is 15.0 Å². The first-order chi connectivity index (χ1) is 10.6. The van der Waals surface area contributed by atoms with Gasteiger partial charge in [0, 0.05) is 18.8 Å². The van der Waals surface area contributed by atoms with Crippen molar-refractivity contribution < 1.29 is 14.3 Å². The normalized spacial score (nSPS) is 11.6. The van der Waals surface area contributed by atoms with Crippen LogP contribution in [0.25, 0.3) is 0 Å². The number of rotatable bonds is 8. The zero-order valence-electron chi connectivity index (χ0n) is 13.7. The van der Waals surface area contributed by atoms with E-state index in [0.717, 1.165) is 24.9 Å². The first-order valence-electron chi connectivity index (χ1n) is 7.77. The van der Waals surface area contributed by atoms with E-state index in [1.54, 1.807) is 11.8 Å². The summed E-state index contributed by atoms with van der Waals surface area (Å²) in [6, 6.07) is 9.13. The molecule has 0 aliphatic carbocycles. The van der Waals surface area contributed by atoms with Gasteiger partial charge in [-0.15, -0.1) is 0 Å². The molecule has 0 spiro atoms. The van der Waals surface area contributed by atoms with Crippen LogP contribution in [0, 0.1) is 5.92 Å². The zero-order chi connectivity index (χ0) is 16.4. The highest BCUT2D eigenvalue weighted by Gasteiger charge is 2.21. The molecule has 5 heteroatoms. The molecule has 0 bridgehead atoms. The molecule has 0 heterocycles. The number of nitrogens with one attached hydrogen (secondary N) is 1. The van der Waals surface area contributed by atoms with Crippen LogP contribution in [0.5, 0.6) is 0 Å². The zero-order valence-corrected chi connectivity index (χ0v) is 13.7. The van der Waals surface area contributed by atoms with Crippen molar-refractivity contribution in [2.75, 3.05) is 25.5 Å². The number of anilines is 1. The molecule has 1 aromatic carbocycles. The maximum atomic E-state index is 12.4. The summed E-state index contributed by atoms with van der Waals surface area (Å²) < 4.78 is 4.74. The number of para-hydroxylation sites is 1. The van der Waals surface area contributed by atoms with E-state index in [1.165, 1.54) is 7.11 Å². The van der Waals surface area contributed by atoms with Gasteiger partial charge in [-0.05, 0) is 18.6 Å². The van der Waals surface area contributed by atoms with Crippen LogP contribution in [0.3, 0.4) is 0 Å². The maximum absolute atomic E-state index is 12.4. The van der Waals surface area contributed by atoms with Gasteiger partial charge in [0.25, 0.3) is 0 Å². The standard InChI is InChI=1S/C17H26N2O3/c1-4-5-9-12-19(13-14(2)16(20)22-3)17(21)18-15-10-7-6-8-11-15/h6-8,10-11,14H,4-5,9,12-13H2,1-3H3,(H,18,21). The molecule has 0 radical (unpaired) electrons. The second-order valence-electron chi connectivity index (χ2n) is 5.37. The minimum Gasteiger partial charge on any atom is -0.469 e. The van der Waals surface area contributed by atoms with E-state index in [0.29, 0.717) is 13.1 Å². The van der Waals surface area contributed by atoms with E-state index in [2.05, 4.69) is 12.2 Å². The lowest BCUT2D eigenvalue weighted by molar-refractivity contribution is -0.145. The Balaban J connectivity index is 2.66. The van der Waals surface area contributed by atoms with Gasteiger partial charge in [-0.2, -0.15) is 0 Å². The summed E-state index contributed by atoms with van der Waals surface area (Å²) in [5, 5.41) is 2.87. The number of benzene rings is 1. The molecule has 1 rings (SSSR count). The molecule has 5 nitrogen and oxygen atoms in total. The minimum atomic E-state index is -0.340. The Morgan fingerprint density at radius 1 is 1.23 bits per heavy atom. The highest BCUT2D eigenvalue weighted by molar-refractivity contribution is 5.89. The van der Waals surface area contributed by atoms with Crippen molar-refractivity contribution in [3.8, 4) is 0 Å². The molecule has 1 aromatic rings. The van der Waals surface area contributed by atoms with Crippen molar-refractivity contribution in [2.45, 2.75) is 33.1 Å². The Morgan fingerprint density at radius 2 is 1.91 bits per heavy atom. The first kappa shape index (κ1) is 18.0. The molecule has 0 saturated heterocycles. The van der Waals surface area contributed by atoms with Crippen LogP contribution in [0.1, 0.15) is 33.1 Å². The Bertz CT molecular complexity index is 462. The Labute approximate surface area is 132 Å². The largest absolute Gasteiger partial charge is 0.469 e. The molecule has 0 aromatic heterocycles. The van der Waals surface area contributed by atoms with Crippen LogP contribution in [0.4, 0.5) is 10.5 Å². The molecule has 1 unspecified atom stereocenters. The molecule has 0 saturated carbocycles. The third-order valence-corrected chi connectivity index (χ3v) is 3.44. The Morgan fingerprint density at radius 3 is 2.50 bits per heavy atom. The molecule has 0 aliphatic rings. The van der Waals surface area contributed by atoms with Crippen LogP contribution in [-0.4, -0.2) is 37.1 Å². The molecular formula is C17H26N2O3. The maximum Gasteiger partial charge on any atom is 0.321 e. The summed E-state index contributed by atoms with van der Waals surface area (Å²) in [5.41, 5.74) is 0.749. The first-order valence-corrected chi connectivity index (χ1v) is 7.77. The van der Waals surface area contributed by atoms with Crippen molar-refractivity contribution >= 4 is 17.7 Å². The van der Waals surface area contributed by atoms with Gasteiger partial charge in [-0.1, -0.05) is 44.9 Å². The number of carbonyl (C=O) groups excluding carboxylic acids is 2. The van der Waals surface area contributed by atoms with Crippen molar-refractivity contribution in [1.82, 2.24) is 4.90 Å². The third kappa shape index (κ3) is 6.16. The van der Waals surface area contributed by atoms with E-state index in [9.17, 15) is 9.59 Å². The topological polar surface area (TPSA) is 58.6 Å². The minimum absolute atomic E-state index is 0.182. The number of urea groups is 1. The fraction of sp³-hybridized carbons (Fsp3) is 0.529. The van der Waals surface area contributed by atoms with Gasteiger partial charge in [0.05, 0.1) is 13.0 Å². The number of ether oxygens (including phenoxy) is 1. The second kappa shape index (κ2) is 9.82. The van der Waals surface area contributed by atoms with Crippen molar-refractivity contribution in [3.63, 3.8) is 0 Å². The molecule has 22 heavy (non-hydrogen) atoms.